The van der Waals surface area contributed by atoms with Crippen LogP contribution in [0.25, 0.3) is 10.8 Å². The van der Waals surface area contributed by atoms with E-state index in [4.69, 9.17) is 14.8 Å². The van der Waals surface area contributed by atoms with Crippen molar-refractivity contribution in [2.24, 2.45) is 17.6 Å². The minimum Gasteiger partial charge on any atom is -0.481 e. The maximum atomic E-state index is 13.9. The molecule has 0 bridgehead atoms. The summed E-state index contributed by atoms with van der Waals surface area (Å²) in [6, 6.07) is 19.5. The van der Waals surface area contributed by atoms with Gasteiger partial charge < -0.3 is 35.8 Å². The molecule has 4 amide bonds. The van der Waals surface area contributed by atoms with Crippen LogP contribution >= 0.6 is 7.60 Å². The molecule has 13 nitrogen and oxygen atoms in total. The fraction of sp³-hybridized carbons (Fsp3) is 0.457. The molecule has 3 aromatic rings. The normalized spacial score (nSPS) is 14.3. The number of carbonyl (C=O) groups excluding carboxylic acids is 4. The quantitative estimate of drug-likeness (QED) is 0.0507. The first-order valence-corrected chi connectivity index (χ1v) is 21.8. The highest BCUT2D eigenvalue weighted by atomic mass is 31.2. The van der Waals surface area contributed by atoms with E-state index in [1.807, 2.05) is 42.5 Å². The summed E-state index contributed by atoms with van der Waals surface area (Å²) in [5.74, 6) is -6.37. The molecule has 0 saturated carbocycles. The molecule has 326 valence electrons. The maximum Gasteiger partial charge on any atom is 0.336 e. The molecule has 4 atom stereocenters. The molecule has 60 heavy (non-hydrogen) atoms. The van der Waals surface area contributed by atoms with E-state index >= 15 is 0 Å². The largest absolute Gasteiger partial charge is 0.481 e. The summed E-state index contributed by atoms with van der Waals surface area (Å²) in [7, 11) is -3.63. The predicted molar refractivity (Wildman–Crippen MR) is 235 cm³/mol. The molecule has 3 rings (SSSR count). The second-order valence-corrected chi connectivity index (χ2v) is 19.6. The van der Waals surface area contributed by atoms with E-state index in [1.165, 1.54) is 19.9 Å². The third-order valence-electron chi connectivity index (χ3n) is 9.47. The smallest absolute Gasteiger partial charge is 0.336 e. The predicted octanol–water partition coefficient (Wildman–Crippen LogP) is 7.33. The van der Waals surface area contributed by atoms with Gasteiger partial charge in [-0.15, -0.1) is 13.2 Å². The van der Waals surface area contributed by atoms with Gasteiger partial charge in [0.2, 0.25) is 23.6 Å². The third kappa shape index (κ3) is 15.5. The second kappa shape index (κ2) is 20.9. The van der Waals surface area contributed by atoms with E-state index in [0.29, 0.717) is 24.0 Å². The topological polar surface area (TPSA) is 203 Å². The third-order valence-corrected chi connectivity index (χ3v) is 11.9. The molecule has 0 unspecified atom stereocenters. The summed E-state index contributed by atoms with van der Waals surface area (Å²) in [6.45, 7) is 21.5. The number of rotatable bonds is 22. The van der Waals surface area contributed by atoms with Gasteiger partial charge in [-0.2, -0.15) is 0 Å². The lowest BCUT2D eigenvalue weighted by Gasteiger charge is -2.32. The number of hydrogen-bond acceptors (Lipinski definition) is 8. The number of hydrogen-bond donors (Lipinski definition) is 5. The number of nitrogens with two attached hydrogens (primary N) is 1. The summed E-state index contributed by atoms with van der Waals surface area (Å²) in [6.07, 6.45) is 3.31. The van der Waals surface area contributed by atoms with Crippen molar-refractivity contribution < 1.29 is 42.7 Å². The molecule has 3 aromatic carbocycles. The molecular formula is C46H63N4O9P. The standard InChI is InChI=1S/C46H63N4O9P/c1-11-16-31(25-34-19-15-18-32-17-13-14-20-36(32)34)28-48-42(55)38(27-39(47)51)49-43(56)46(9,10)50-41(54)37(26-40(52)53)35(12-2)33-23-21-30(22-24-33)29-60(57,58-44(3,4)5)59-45(6,7)8/h11-15,17-24,31,35,37-38H,1-2,16,25-29H2,3-10H3,(H2,47,51)(H,48,55)(H,49,56)(H,50,54)(H,52,53)/t31-,35+,37-,38-/m0/s1. The molecule has 0 saturated heterocycles. The highest BCUT2D eigenvalue weighted by Crippen LogP contribution is 2.57. The van der Waals surface area contributed by atoms with Gasteiger partial charge in [0.15, 0.2) is 0 Å². The Morgan fingerprint density at radius 3 is 1.98 bits per heavy atom. The number of carbonyl (C=O) groups is 5. The Hall–Kier alpha value is -5.10. The Morgan fingerprint density at radius 1 is 0.833 bits per heavy atom. The van der Waals surface area contributed by atoms with Gasteiger partial charge in [-0.05, 0) is 102 Å². The monoisotopic (exact) mass is 846 g/mol. The Morgan fingerprint density at radius 2 is 1.43 bits per heavy atom. The number of amides is 4. The van der Waals surface area contributed by atoms with Gasteiger partial charge in [-0.3, -0.25) is 28.5 Å². The number of nitrogens with one attached hydrogen (secondary N) is 3. The molecule has 0 aliphatic rings. The van der Waals surface area contributed by atoms with Crippen molar-refractivity contribution in [3.63, 3.8) is 0 Å². The van der Waals surface area contributed by atoms with Gasteiger partial charge in [-0.1, -0.05) is 78.9 Å². The van der Waals surface area contributed by atoms with Crippen molar-refractivity contribution in [1.82, 2.24) is 16.0 Å². The van der Waals surface area contributed by atoms with Gasteiger partial charge in [0, 0.05) is 12.5 Å². The fourth-order valence-electron chi connectivity index (χ4n) is 6.92. The number of allylic oxidation sites excluding steroid dienone is 2. The number of aliphatic carboxylic acids is 1. The van der Waals surface area contributed by atoms with Crippen LogP contribution < -0.4 is 21.7 Å². The van der Waals surface area contributed by atoms with E-state index < -0.39 is 84.7 Å². The fourth-order valence-corrected chi connectivity index (χ4v) is 9.41. The molecule has 0 aromatic heterocycles. The van der Waals surface area contributed by atoms with Crippen LogP contribution in [0, 0.1) is 11.8 Å². The van der Waals surface area contributed by atoms with E-state index in [2.05, 4.69) is 29.1 Å². The Bertz CT molecular complexity index is 2040. The van der Waals surface area contributed by atoms with Crippen LogP contribution in [0.2, 0.25) is 0 Å². The highest BCUT2D eigenvalue weighted by molar-refractivity contribution is 7.53. The number of benzene rings is 3. The lowest BCUT2D eigenvalue weighted by atomic mass is 9.82. The van der Waals surface area contributed by atoms with Crippen LogP contribution in [-0.2, 0) is 50.2 Å². The number of carboxylic acid groups (broad SMARTS) is 1. The van der Waals surface area contributed by atoms with Crippen molar-refractivity contribution in [1.29, 1.82) is 0 Å². The molecule has 0 aliphatic heterocycles. The minimum absolute atomic E-state index is 0.0296. The SMILES string of the molecule is C=CC[C@H](CNC(=O)[C@H](CC(N)=O)NC(=O)C(C)(C)NC(=O)[C@@H](CC(=O)O)[C@H](C=C)c1ccc(CP(=O)(OC(C)(C)C)OC(C)(C)C)cc1)Cc1cccc2ccccc12. The molecule has 0 spiro atoms. The van der Waals surface area contributed by atoms with Crippen LogP contribution in [0.1, 0.15) is 97.3 Å². The maximum absolute atomic E-state index is 13.9. The summed E-state index contributed by atoms with van der Waals surface area (Å²) < 4.78 is 25.7. The number of primary amides is 1. The zero-order valence-electron chi connectivity index (χ0n) is 36.2. The van der Waals surface area contributed by atoms with Gasteiger partial charge in [-0.25, -0.2) is 0 Å². The van der Waals surface area contributed by atoms with E-state index in [0.717, 1.165) is 16.3 Å². The molecular weight excluding hydrogens is 783 g/mol. The molecule has 0 aliphatic carbocycles. The van der Waals surface area contributed by atoms with Crippen LogP contribution in [0.3, 0.4) is 0 Å². The first kappa shape index (κ1) is 49.3. The highest BCUT2D eigenvalue weighted by Gasteiger charge is 2.39. The van der Waals surface area contributed by atoms with E-state index in [1.54, 1.807) is 71.9 Å². The van der Waals surface area contributed by atoms with E-state index in [-0.39, 0.29) is 18.6 Å². The van der Waals surface area contributed by atoms with Gasteiger partial charge >= 0.3 is 13.6 Å². The minimum atomic E-state index is -3.63. The average molecular weight is 847 g/mol. The molecule has 14 heteroatoms. The van der Waals surface area contributed by atoms with Gasteiger partial charge in [0.05, 0.1) is 36.1 Å². The lowest BCUT2D eigenvalue weighted by molar-refractivity contribution is -0.142. The summed E-state index contributed by atoms with van der Waals surface area (Å²) in [5.41, 5.74) is 4.59. The molecule has 0 fully saturated rings. The van der Waals surface area contributed by atoms with Crippen LogP contribution in [0.15, 0.2) is 92.0 Å². The second-order valence-electron chi connectivity index (χ2n) is 17.7. The molecule has 0 heterocycles. The first-order valence-electron chi connectivity index (χ1n) is 20.1. The zero-order valence-corrected chi connectivity index (χ0v) is 37.1. The molecule has 6 N–H and O–H groups in total. The summed E-state index contributed by atoms with van der Waals surface area (Å²) in [4.78, 5) is 65.4. The average Bonchev–Trinajstić information content (AvgIpc) is 3.12. The Kier molecular flexibility index (Phi) is 17.2. The zero-order chi connectivity index (χ0) is 45.1. The first-order chi connectivity index (χ1) is 27.8. The summed E-state index contributed by atoms with van der Waals surface area (Å²) >= 11 is 0. The van der Waals surface area contributed by atoms with Crippen molar-refractivity contribution in [3.8, 4) is 0 Å². The van der Waals surface area contributed by atoms with Crippen molar-refractivity contribution >= 4 is 48.0 Å². The lowest BCUT2D eigenvalue weighted by Crippen LogP contribution is -2.60. The number of fused-ring (bicyclic) bond motifs is 1. The molecule has 0 radical (unpaired) electrons. The van der Waals surface area contributed by atoms with Gasteiger partial charge in [0.25, 0.3) is 0 Å². The van der Waals surface area contributed by atoms with Gasteiger partial charge in [0.1, 0.15) is 11.6 Å². The van der Waals surface area contributed by atoms with Crippen molar-refractivity contribution in [2.45, 2.75) is 116 Å². The van der Waals surface area contributed by atoms with Crippen LogP contribution in [-0.4, -0.2) is 64.0 Å². The van der Waals surface area contributed by atoms with Crippen LogP contribution in [0.4, 0.5) is 0 Å². The Balaban J connectivity index is 1.77. The van der Waals surface area contributed by atoms with Crippen LogP contribution in [0.5, 0.6) is 0 Å². The van der Waals surface area contributed by atoms with Crippen molar-refractivity contribution in [3.05, 3.63) is 109 Å². The summed E-state index contributed by atoms with van der Waals surface area (Å²) in [5, 5.41) is 20.1. The number of carboxylic acids is 1. The van der Waals surface area contributed by atoms with Crippen molar-refractivity contribution in [2.75, 3.05) is 6.54 Å². The Labute approximate surface area is 354 Å². The van der Waals surface area contributed by atoms with E-state index in [9.17, 15) is 33.6 Å².